The Morgan fingerprint density at radius 3 is 2.42 bits per heavy atom. The maximum Gasteiger partial charge on any atom is 0.298 e. The Balaban J connectivity index is 1.12. The molecule has 0 radical (unpaired) electrons. The number of carbonyl (C=O) groups is 1. The number of oxazole rings is 1. The van der Waals surface area contributed by atoms with Gasteiger partial charge in [0.05, 0.1) is 0 Å². The van der Waals surface area contributed by atoms with Crippen LogP contribution in [0.3, 0.4) is 0 Å². The predicted molar refractivity (Wildman–Crippen MR) is 122 cm³/mol. The Bertz CT molecular complexity index is 1010. The minimum atomic E-state index is 0.114. The van der Waals surface area contributed by atoms with E-state index in [1.807, 2.05) is 24.3 Å². The van der Waals surface area contributed by atoms with Crippen molar-refractivity contribution in [1.29, 1.82) is 0 Å². The van der Waals surface area contributed by atoms with Crippen molar-refractivity contribution < 1.29 is 9.21 Å². The molecule has 0 saturated carbocycles. The third kappa shape index (κ3) is 4.30. The zero-order valence-electron chi connectivity index (χ0n) is 18.2. The number of hydrogen-bond acceptors (Lipinski definition) is 5. The first-order valence-corrected chi connectivity index (χ1v) is 11.3. The number of amides is 1. The van der Waals surface area contributed by atoms with Crippen molar-refractivity contribution in [2.75, 3.05) is 44.2 Å². The average molecular weight is 419 g/mol. The predicted octanol–water partition coefficient (Wildman–Crippen LogP) is 3.70. The molecule has 3 heterocycles. The van der Waals surface area contributed by atoms with Gasteiger partial charge in [-0.2, -0.15) is 4.98 Å². The van der Waals surface area contributed by atoms with Crippen molar-refractivity contribution in [3.63, 3.8) is 0 Å². The van der Waals surface area contributed by atoms with Gasteiger partial charge in [0, 0.05) is 51.7 Å². The molecular formula is C25H30N4O2. The maximum absolute atomic E-state index is 13.1. The molecular weight excluding hydrogens is 388 g/mol. The summed E-state index contributed by atoms with van der Waals surface area (Å²) in [5, 5.41) is 0. The SMILES string of the molecule is Cc1ccccc1CN1CCN(C(=O)C2CCN(c3nc4ccccc4o3)CC2)CC1. The third-order valence-corrected chi connectivity index (χ3v) is 6.74. The number of piperazine rings is 1. The lowest BCUT2D eigenvalue weighted by molar-refractivity contribution is -0.138. The summed E-state index contributed by atoms with van der Waals surface area (Å²) in [6, 6.07) is 17.1. The minimum Gasteiger partial charge on any atom is -0.423 e. The van der Waals surface area contributed by atoms with Crippen LogP contribution in [0.5, 0.6) is 0 Å². The van der Waals surface area contributed by atoms with E-state index < -0.39 is 0 Å². The third-order valence-electron chi connectivity index (χ3n) is 6.74. The Kier molecular flexibility index (Phi) is 5.64. The Morgan fingerprint density at radius 2 is 1.68 bits per heavy atom. The molecule has 0 N–H and O–H groups in total. The lowest BCUT2D eigenvalue weighted by atomic mass is 9.95. The van der Waals surface area contributed by atoms with Gasteiger partial charge in [0.15, 0.2) is 5.58 Å². The molecule has 6 heteroatoms. The molecule has 31 heavy (non-hydrogen) atoms. The summed E-state index contributed by atoms with van der Waals surface area (Å²) < 4.78 is 5.90. The van der Waals surface area contributed by atoms with Crippen molar-refractivity contribution in [1.82, 2.24) is 14.8 Å². The smallest absolute Gasteiger partial charge is 0.298 e. The molecule has 6 nitrogen and oxygen atoms in total. The number of carbonyl (C=O) groups excluding carboxylic acids is 1. The van der Waals surface area contributed by atoms with Crippen LogP contribution in [-0.2, 0) is 11.3 Å². The van der Waals surface area contributed by atoms with Crippen molar-refractivity contribution in [2.24, 2.45) is 5.92 Å². The van der Waals surface area contributed by atoms with E-state index in [-0.39, 0.29) is 5.92 Å². The van der Waals surface area contributed by atoms with Gasteiger partial charge in [-0.15, -0.1) is 0 Å². The summed E-state index contributed by atoms with van der Waals surface area (Å²) in [6.07, 6.45) is 1.72. The van der Waals surface area contributed by atoms with E-state index in [4.69, 9.17) is 4.42 Å². The summed E-state index contributed by atoms with van der Waals surface area (Å²) in [7, 11) is 0. The maximum atomic E-state index is 13.1. The zero-order valence-corrected chi connectivity index (χ0v) is 18.2. The normalized spacial score (nSPS) is 18.6. The molecule has 162 valence electrons. The average Bonchev–Trinajstić information content (AvgIpc) is 3.25. The largest absolute Gasteiger partial charge is 0.423 e. The molecule has 2 aromatic carbocycles. The number of benzene rings is 2. The molecule has 1 amide bonds. The second kappa shape index (κ2) is 8.71. The number of para-hydroxylation sites is 2. The summed E-state index contributed by atoms with van der Waals surface area (Å²) in [5.74, 6) is 0.441. The van der Waals surface area contributed by atoms with Gasteiger partial charge < -0.3 is 14.2 Å². The lowest BCUT2D eigenvalue weighted by Crippen LogP contribution is -2.51. The number of anilines is 1. The van der Waals surface area contributed by atoms with E-state index in [1.54, 1.807) is 0 Å². The Hall–Kier alpha value is -2.86. The van der Waals surface area contributed by atoms with Gasteiger partial charge in [-0.3, -0.25) is 9.69 Å². The van der Waals surface area contributed by atoms with Crippen LogP contribution in [0.4, 0.5) is 6.01 Å². The summed E-state index contributed by atoms with van der Waals surface area (Å²) >= 11 is 0. The molecule has 5 rings (SSSR count). The number of nitrogens with zero attached hydrogens (tertiary/aromatic N) is 4. The first-order valence-electron chi connectivity index (χ1n) is 11.3. The van der Waals surface area contributed by atoms with E-state index in [0.717, 1.165) is 69.8 Å². The Morgan fingerprint density at radius 1 is 0.968 bits per heavy atom. The van der Waals surface area contributed by atoms with Crippen LogP contribution in [0.1, 0.15) is 24.0 Å². The highest BCUT2D eigenvalue weighted by Gasteiger charge is 2.31. The molecule has 2 aliphatic rings. The number of aromatic nitrogens is 1. The fourth-order valence-electron chi connectivity index (χ4n) is 4.73. The van der Waals surface area contributed by atoms with E-state index in [9.17, 15) is 4.79 Å². The molecule has 2 fully saturated rings. The zero-order chi connectivity index (χ0) is 21.2. The van der Waals surface area contributed by atoms with Gasteiger partial charge in [0.2, 0.25) is 5.91 Å². The molecule has 0 unspecified atom stereocenters. The number of aryl methyl sites for hydroxylation is 1. The van der Waals surface area contributed by atoms with Gasteiger partial charge >= 0.3 is 0 Å². The molecule has 0 bridgehead atoms. The molecule has 0 aliphatic carbocycles. The van der Waals surface area contributed by atoms with Gasteiger partial charge in [-0.05, 0) is 43.0 Å². The fourth-order valence-corrected chi connectivity index (χ4v) is 4.73. The number of hydrogen-bond donors (Lipinski definition) is 0. The summed E-state index contributed by atoms with van der Waals surface area (Å²) in [6.45, 7) is 8.32. The van der Waals surface area contributed by atoms with Crippen LogP contribution >= 0.6 is 0 Å². The van der Waals surface area contributed by atoms with Crippen LogP contribution in [0.2, 0.25) is 0 Å². The molecule has 0 atom stereocenters. The molecule has 3 aromatic rings. The molecule has 2 aliphatic heterocycles. The fraction of sp³-hybridized carbons (Fsp3) is 0.440. The van der Waals surface area contributed by atoms with Crippen LogP contribution in [0.25, 0.3) is 11.1 Å². The van der Waals surface area contributed by atoms with Crippen LogP contribution in [0.15, 0.2) is 52.9 Å². The van der Waals surface area contributed by atoms with Gasteiger partial charge in [-0.25, -0.2) is 0 Å². The molecule has 0 spiro atoms. The van der Waals surface area contributed by atoms with Gasteiger partial charge in [0.1, 0.15) is 5.52 Å². The van der Waals surface area contributed by atoms with Gasteiger partial charge in [-0.1, -0.05) is 36.4 Å². The monoisotopic (exact) mass is 418 g/mol. The topological polar surface area (TPSA) is 52.8 Å². The standard InChI is InChI=1S/C25H30N4O2/c1-19-6-2-3-7-21(19)18-27-14-16-28(17-15-27)24(30)20-10-12-29(13-11-20)25-26-22-8-4-5-9-23(22)31-25/h2-9,20H,10-18H2,1H3. The molecule has 1 aromatic heterocycles. The highest BCUT2D eigenvalue weighted by atomic mass is 16.4. The number of rotatable bonds is 4. The summed E-state index contributed by atoms with van der Waals surface area (Å²) in [5.41, 5.74) is 4.43. The molecule has 2 saturated heterocycles. The second-order valence-corrected chi connectivity index (χ2v) is 8.75. The lowest BCUT2D eigenvalue weighted by Gasteiger charge is -2.38. The highest BCUT2D eigenvalue weighted by molar-refractivity contribution is 5.79. The first kappa shape index (κ1) is 20.1. The van der Waals surface area contributed by atoms with Crippen molar-refractivity contribution >= 4 is 23.0 Å². The van der Waals surface area contributed by atoms with Crippen LogP contribution < -0.4 is 4.90 Å². The van der Waals surface area contributed by atoms with E-state index >= 15 is 0 Å². The first-order chi connectivity index (χ1) is 15.2. The van der Waals surface area contributed by atoms with Crippen LogP contribution in [-0.4, -0.2) is 60.0 Å². The van der Waals surface area contributed by atoms with Crippen LogP contribution in [0, 0.1) is 12.8 Å². The Labute approximate surface area is 183 Å². The number of fused-ring (bicyclic) bond motifs is 1. The highest BCUT2D eigenvalue weighted by Crippen LogP contribution is 2.27. The quantitative estimate of drug-likeness (QED) is 0.647. The second-order valence-electron chi connectivity index (χ2n) is 8.75. The van der Waals surface area contributed by atoms with Crippen molar-refractivity contribution in [2.45, 2.75) is 26.3 Å². The summed E-state index contributed by atoms with van der Waals surface area (Å²) in [4.78, 5) is 24.4. The number of piperidine rings is 1. The van der Waals surface area contributed by atoms with Crippen molar-refractivity contribution in [3.05, 3.63) is 59.7 Å². The van der Waals surface area contributed by atoms with E-state index in [0.29, 0.717) is 11.9 Å². The van der Waals surface area contributed by atoms with Gasteiger partial charge in [0.25, 0.3) is 6.01 Å². The van der Waals surface area contributed by atoms with Crippen molar-refractivity contribution in [3.8, 4) is 0 Å². The minimum absolute atomic E-state index is 0.114. The van der Waals surface area contributed by atoms with E-state index in [1.165, 1.54) is 11.1 Å². The van der Waals surface area contributed by atoms with E-state index in [2.05, 4.69) is 50.9 Å².